The molecule has 2 N–H and O–H groups in total. The molecule has 0 heterocycles. The molecule has 0 radical (unpaired) electrons. The van der Waals surface area contributed by atoms with Gasteiger partial charge in [0.15, 0.2) is 0 Å². The Labute approximate surface area is 229 Å². The van der Waals surface area contributed by atoms with Crippen LogP contribution in [0.15, 0.2) is 46.9 Å². The molecule has 0 saturated carbocycles. The van der Waals surface area contributed by atoms with Gasteiger partial charge in [-0.1, -0.05) is 41.4 Å². The Balaban J connectivity index is 2.28. The smallest absolute Gasteiger partial charge is 0.345 e. The molecule has 4 nitrogen and oxygen atoms in total. The van der Waals surface area contributed by atoms with Gasteiger partial charge in [-0.05, 0) is 64.3 Å². The van der Waals surface area contributed by atoms with E-state index in [2.05, 4.69) is 21.2 Å². The van der Waals surface area contributed by atoms with Gasteiger partial charge in [-0.25, -0.2) is 0 Å². The summed E-state index contributed by atoms with van der Waals surface area (Å²) in [5, 5.41) is 3.51. The third-order valence-electron chi connectivity index (χ3n) is 4.94. The molecule has 0 saturated heterocycles. The largest absolute Gasteiger partial charge is 0.454 e. The molecule has 2 amide bonds. The van der Waals surface area contributed by atoms with Crippen molar-refractivity contribution in [1.29, 1.82) is 0 Å². The van der Waals surface area contributed by atoms with Crippen LogP contribution in [0.2, 0.25) is 10.0 Å². The Morgan fingerprint density at radius 1 is 0.974 bits per heavy atom. The van der Waals surface area contributed by atoms with Crippen LogP contribution in [-0.2, 0) is 4.79 Å². The highest BCUT2D eigenvalue weighted by Crippen LogP contribution is 2.47. The van der Waals surface area contributed by atoms with Gasteiger partial charge in [0.1, 0.15) is 12.6 Å². The van der Waals surface area contributed by atoms with Crippen molar-refractivity contribution in [2.75, 3.05) is 6.54 Å². The Kier molecular flexibility index (Phi) is 10.2. The van der Waals surface area contributed by atoms with Gasteiger partial charge >= 0.3 is 18.3 Å². The zero-order chi connectivity index (χ0) is 29.1. The normalized spacial score (nSPS) is 14.3. The second-order valence-electron chi connectivity index (χ2n) is 7.93. The van der Waals surface area contributed by atoms with Gasteiger partial charge in [0.2, 0.25) is 5.91 Å². The number of nitrogens with one attached hydrogen (secondary N) is 2. The number of benzene rings is 2. The molecule has 0 aliphatic heterocycles. The fourth-order valence-corrected chi connectivity index (χ4v) is 4.20. The van der Waals surface area contributed by atoms with Crippen LogP contribution in [0.5, 0.6) is 0 Å². The average molecular weight is 656 g/mol. The van der Waals surface area contributed by atoms with Gasteiger partial charge in [-0.15, -0.1) is 0 Å². The van der Waals surface area contributed by atoms with Gasteiger partial charge in [-0.3, -0.25) is 9.59 Å². The van der Waals surface area contributed by atoms with E-state index in [0.717, 1.165) is 25.1 Å². The Morgan fingerprint density at radius 2 is 1.55 bits per heavy atom. The number of rotatable bonds is 8. The summed E-state index contributed by atoms with van der Waals surface area (Å²) in [6, 6.07) is 5.31. The maximum atomic E-state index is 14.4. The minimum Gasteiger partial charge on any atom is -0.345 e. The molecule has 0 spiro atoms. The van der Waals surface area contributed by atoms with E-state index in [1.807, 2.05) is 0 Å². The highest BCUT2D eigenvalue weighted by Gasteiger charge is 2.61. The first-order chi connectivity index (χ1) is 17.3. The van der Waals surface area contributed by atoms with Crippen molar-refractivity contribution in [2.24, 2.45) is 0 Å². The predicted molar refractivity (Wildman–Crippen MR) is 129 cm³/mol. The molecule has 2 atom stereocenters. The molecule has 1 unspecified atom stereocenters. The van der Waals surface area contributed by atoms with Crippen LogP contribution in [-0.4, -0.2) is 42.7 Å². The van der Waals surface area contributed by atoms with Crippen molar-refractivity contribution in [3.63, 3.8) is 0 Å². The van der Waals surface area contributed by atoms with Crippen LogP contribution in [0, 0.1) is 0 Å². The van der Waals surface area contributed by atoms with Gasteiger partial charge in [0.25, 0.3) is 5.91 Å². The Hall–Kier alpha value is -2.38. The molecule has 2 aromatic carbocycles. The van der Waals surface area contributed by atoms with Gasteiger partial charge in [0.05, 0.1) is 11.5 Å². The number of allylic oxidation sites excluding steroid dienone is 1. The van der Waals surface area contributed by atoms with Crippen LogP contribution in [0.3, 0.4) is 0 Å². The summed E-state index contributed by atoms with van der Waals surface area (Å²) in [6.07, 6.45) is -8.96. The molecule has 0 bridgehead atoms. The standard InChI is InChI=1S/C23H17BrCl2F8N2O2/c1-11(19(37)35-10-21(27,28)29)36-20(38)16-4-2-12(6-18(16)24)3-5-17(22(30,31)23(32,33)34)13-7-14(25)9-15(26)8-13/h2-9,11,17H,10H2,1H3,(H,35,37)(H,36,38)/b5-3+/t11-,17?/m1/s1. The lowest BCUT2D eigenvalue weighted by molar-refractivity contribution is -0.286. The zero-order valence-electron chi connectivity index (χ0n) is 19.0. The topological polar surface area (TPSA) is 58.2 Å². The van der Waals surface area contributed by atoms with Gasteiger partial charge < -0.3 is 10.6 Å². The molecule has 2 aromatic rings. The maximum Gasteiger partial charge on any atom is 0.454 e. The van der Waals surface area contributed by atoms with Crippen molar-refractivity contribution < 1.29 is 44.7 Å². The second-order valence-corrected chi connectivity index (χ2v) is 9.65. The number of amides is 2. The van der Waals surface area contributed by atoms with E-state index in [9.17, 15) is 44.7 Å². The second kappa shape index (κ2) is 12.2. The summed E-state index contributed by atoms with van der Waals surface area (Å²) >= 11 is 14.6. The molecular weight excluding hydrogens is 639 g/mol. The van der Waals surface area contributed by atoms with Crippen LogP contribution in [0.4, 0.5) is 35.1 Å². The number of hydrogen-bond acceptors (Lipinski definition) is 2. The van der Waals surface area contributed by atoms with E-state index in [1.54, 1.807) is 5.32 Å². The first-order valence-corrected chi connectivity index (χ1v) is 11.9. The fraction of sp³-hybridized carbons (Fsp3) is 0.304. The van der Waals surface area contributed by atoms with Gasteiger partial charge in [-0.2, -0.15) is 35.1 Å². The molecule has 0 fully saturated rings. The molecule has 15 heteroatoms. The molecule has 0 aliphatic rings. The van der Waals surface area contributed by atoms with Crippen molar-refractivity contribution in [2.45, 2.75) is 37.2 Å². The molecule has 2 rings (SSSR count). The number of carbonyl (C=O) groups excluding carboxylic acids is 2. The predicted octanol–water partition coefficient (Wildman–Crippen LogP) is 7.55. The highest BCUT2D eigenvalue weighted by molar-refractivity contribution is 9.10. The number of carbonyl (C=O) groups is 2. The molecular formula is C23H17BrCl2F8N2O2. The van der Waals surface area contributed by atoms with E-state index in [1.165, 1.54) is 24.3 Å². The zero-order valence-corrected chi connectivity index (χ0v) is 22.1. The molecule has 0 aliphatic carbocycles. The molecule has 0 aromatic heterocycles. The third-order valence-corrected chi connectivity index (χ3v) is 6.03. The lowest BCUT2D eigenvalue weighted by Crippen LogP contribution is -2.47. The summed E-state index contributed by atoms with van der Waals surface area (Å²) in [4.78, 5) is 24.2. The van der Waals surface area contributed by atoms with E-state index < -0.39 is 54.2 Å². The van der Waals surface area contributed by atoms with Crippen molar-refractivity contribution >= 4 is 57.0 Å². The monoisotopic (exact) mass is 654 g/mol. The van der Waals surface area contributed by atoms with E-state index in [4.69, 9.17) is 23.2 Å². The van der Waals surface area contributed by atoms with Crippen LogP contribution in [0.1, 0.15) is 34.3 Å². The van der Waals surface area contributed by atoms with Crippen LogP contribution in [0.25, 0.3) is 6.08 Å². The molecule has 38 heavy (non-hydrogen) atoms. The molecule has 208 valence electrons. The first-order valence-electron chi connectivity index (χ1n) is 10.4. The lowest BCUT2D eigenvalue weighted by atomic mass is 9.91. The average Bonchev–Trinajstić information content (AvgIpc) is 2.75. The van der Waals surface area contributed by atoms with Crippen molar-refractivity contribution in [3.05, 3.63) is 73.7 Å². The fourth-order valence-electron chi connectivity index (χ4n) is 3.08. The number of hydrogen-bond donors (Lipinski definition) is 2. The van der Waals surface area contributed by atoms with E-state index in [0.29, 0.717) is 6.08 Å². The lowest BCUT2D eigenvalue weighted by Gasteiger charge is -2.27. The van der Waals surface area contributed by atoms with Gasteiger partial charge in [0, 0.05) is 14.5 Å². The van der Waals surface area contributed by atoms with E-state index in [-0.39, 0.29) is 25.6 Å². The number of halogens is 11. The highest BCUT2D eigenvalue weighted by atomic mass is 79.9. The Bertz CT molecular complexity index is 1200. The SMILES string of the molecule is C[C@@H](NC(=O)c1ccc(/C=C/C(c2cc(Cl)cc(Cl)c2)C(F)(F)C(F)(F)F)cc1Br)C(=O)NCC(F)(F)F. The van der Waals surface area contributed by atoms with Crippen molar-refractivity contribution in [3.8, 4) is 0 Å². The maximum absolute atomic E-state index is 14.4. The van der Waals surface area contributed by atoms with Crippen LogP contribution >= 0.6 is 39.1 Å². The summed E-state index contributed by atoms with van der Waals surface area (Å²) < 4.78 is 105. The summed E-state index contributed by atoms with van der Waals surface area (Å²) in [7, 11) is 0. The third kappa shape index (κ3) is 8.57. The summed E-state index contributed by atoms with van der Waals surface area (Å²) in [6.45, 7) is -0.440. The van der Waals surface area contributed by atoms with Crippen molar-refractivity contribution in [1.82, 2.24) is 10.6 Å². The minimum atomic E-state index is -5.90. The van der Waals surface area contributed by atoms with E-state index >= 15 is 0 Å². The summed E-state index contributed by atoms with van der Waals surface area (Å²) in [5.74, 6) is -9.66. The summed E-state index contributed by atoms with van der Waals surface area (Å²) in [5.41, 5.74) is -0.467. The number of alkyl halides is 8. The first kappa shape index (κ1) is 31.8. The minimum absolute atomic E-state index is 0.0602. The Morgan fingerprint density at radius 3 is 2.05 bits per heavy atom. The quantitative estimate of drug-likeness (QED) is 0.289. The van der Waals surface area contributed by atoms with Crippen LogP contribution < -0.4 is 10.6 Å².